The number of carbonyl (C=O) groups is 1. The molecule has 5 heteroatoms. The van der Waals surface area contributed by atoms with Gasteiger partial charge in [0.25, 0.3) is 0 Å². The van der Waals surface area contributed by atoms with E-state index in [2.05, 4.69) is 36.5 Å². The first-order chi connectivity index (χ1) is 14.5. The third-order valence-corrected chi connectivity index (χ3v) is 5.92. The molecule has 0 aliphatic carbocycles. The van der Waals surface area contributed by atoms with Gasteiger partial charge in [-0.25, -0.2) is 0 Å². The molecule has 1 amide bonds. The van der Waals surface area contributed by atoms with Crippen molar-refractivity contribution in [3.8, 4) is 16.9 Å². The monoisotopic (exact) mass is 417 g/mol. The summed E-state index contributed by atoms with van der Waals surface area (Å²) < 4.78 is 11.4. The molecule has 152 valence electrons. The van der Waals surface area contributed by atoms with Crippen LogP contribution in [0, 0.1) is 6.92 Å². The molecule has 0 aliphatic heterocycles. The van der Waals surface area contributed by atoms with Crippen molar-refractivity contribution >= 4 is 33.8 Å². The Hall–Kier alpha value is -3.31. The summed E-state index contributed by atoms with van der Waals surface area (Å²) >= 11 is 1.62. The molecule has 0 atom stereocenters. The van der Waals surface area contributed by atoms with Crippen LogP contribution in [0.2, 0.25) is 0 Å². The zero-order valence-corrected chi connectivity index (χ0v) is 18.0. The number of benzene rings is 2. The van der Waals surface area contributed by atoms with Crippen LogP contribution in [0.15, 0.2) is 70.7 Å². The van der Waals surface area contributed by atoms with Gasteiger partial charge in [0.1, 0.15) is 11.3 Å². The minimum absolute atomic E-state index is 0.131. The fraction of sp³-hybridized carbons (Fsp3) is 0.160. The number of ether oxygens (including phenoxy) is 1. The summed E-state index contributed by atoms with van der Waals surface area (Å²) in [4.78, 5) is 13.5. The van der Waals surface area contributed by atoms with Crippen LogP contribution in [0.3, 0.4) is 0 Å². The van der Waals surface area contributed by atoms with E-state index in [4.69, 9.17) is 9.15 Å². The lowest BCUT2D eigenvalue weighted by Crippen LogP contribution is -2.20. The third kappa shape index (κ3) is 4.16. The van der Waals surface area contributed by atoms with Gasteiger partial charge < -0.3 is 14.5 Å². The van der Waals surface area contributed by atoms with Crippen molar-refractivity contribution in [3.63, 3.8) is 0 Å². The molecule has 0 fully saturated rings. The highest BCUT2D eigenvalue weighted by atomic mass is 32.1. The summed E-state index contributed by atoms with van der Waals surface area (Å²) in [6.45, 7) is 4.51. The molecule has 4 rings (SSSR count). The molecule has 0 saturated carbocycles. The van der Waals surface area contributed by atoms with E-state index in [1.54, 1.807) is 30.8 Å². The number of thiophene rings is 1. The highest BCUT2D eigenvalue weighted by Crippen LogP contribution is 2.37. The number of nitrogens with one attached hydrogen (secondary N) is 1. The number of rotatable bonds is 6. The number of hydrogen-bond acceptors (Lipinski definition) is 4. The van der Waals surface area contributed by atoms with Crippen LogP contribution in [-0.2, 0) is 11.3 Å². The summed E-state index contributed by atoms with van der Waals surface area (Å²) in [5.41, 5.74) is 5.76. The van der Waals surface area contributed by atoms with Crippen LogP contribution >= 0.6 is 11.3 Å². The predicted octanol–water partition coefficient (Wildman–Crippen LogP) is 6.20. The van der Waals surface area contributed by atoms with E-state index in [0.717, 1.165) is 38.1 Å². The smallest absolute Gasteiger partial charge is 0.244 e. The lowest BCUT2D eigenvalue weighted by Gasteiger charge is -2.10. The van der Waals surface area contributed by atoms with Crippen molar-refractivity contribution in [1.29, 1.82) is 0 Å². The Kier molecular flexibility index (Phi) is 5.72. The molecule has 2 aromatic heterocycles. The molecule has 0 bridgehead atoms. The number of methoxy groups -OCH3 is 1. The van der Waals surface area contributed by atoms with Crippen LogP contribution in [0.1, 0.15) is 22.9 Å². The van der Waals surface area contributed by atoms with E-state index < -0.39 is 0 Å². The van der Waals surface area contributed by atoms with E-state index in [1.165, 1.54) is 5.56 Å². The molecule has 1 N–H and O–H groups in total. The number of furan rings is 1. The zero-order valence-electron chi connectivity index (χ0n) is 17.2. The number of allylic oxidation sites excluding steroid dienone is 1. The van der Waals surface area contributed by atoms with Gasteiger partial charge in [0.15, 0.2) is 0 Å². The van der Waals surface area contributed by atoms with Crippen molar-refractivity contribution in [2.75, 3.05) is 7.11 Å². The van der Waals surface area contributed by atoms with Gasteiger partial charge in [-0.05, 0) is 42.5 Å². The Bertz CT molecular complexity index is 1200. The Morgan fingerprint density at radius 1 is 1.20 bits per heavy atom. The molecule has 0 spiro atoms. The van der Waals surface area contributed by atoms with E-state index >= 15 is 0 Å². The fourth-order valence-electron chi connectivity index (χ4n) is 3.40. The van der Waals surface area contributed by atoms with Crippen LogP contribution < -0.4 is 10.1 Å². The summed E-state index contributed by atoms with van der Waals surface area (Å²) in [5.74, 6) is 0.543. The zero-order chi connectivity index (χ0) is 21.1. The standard InChI is InChI=1S/C25H23NO3S/c1-16-6-8-18(9-7-16)22-15-29-24-13-23(28-3)20(12-21(22)24)17(2)11-25(27)26-14-19-5-4-10-30-19/h4-13,15H,14H2,1-3H3,(H,26,27)/b17-11+. The fourth-order valence-corrected chi connectivity index (χ4v) is 4.05. The van der Waals surface area contributed by atoms with Crippen LogP contribution in [0.5, 0.6) is 5.75 Å². The van der Waals surface area contributed by atoms with Crippen LogP contribution in [-0.4, -0.2) is 13.0 Å². The normalized spacial score (nSPS) is 11.6. The Labute approximate surface area is 179 Å². The molecular formula is C25H23NO3S. The lowest BCUT2D eigenvalue weighted by atomic mass is 9.99. The molecular weight excluding hydrogens is 394 g/mol. The summed E-state index contributed by atoms with van der Waals surface area (Å²) in [6.07, 6.45) is 3.38. The molecule has 4 aromatic rings. The van der Waals surface area contributed by atoms with E-state index in [9.17, 15) is 4.79 Å². The highest BCUT2D eigenvalue weighted by molar-refractivity contribution is 7.09. The van der Waals surface area contributed by atoms with Gasteiger partial charge in [-0.15, -0.1) is 11.3 Å². The second kappa shape index (κ2) is 8.59. The number of hydrogen-bond donors (Lipinski definition) is 1. The maximum Gasteiger partial charge on any atom is 0.244 e. The molecule has 0 radical (unpaired) electrons. The maximum atomic E-state index is 12.4. The minimum Gasteiger partial charge on any atom is -0.496 e. The van der Waals surface area contributed by atoms with Gasteiger partial charge in [-0.3, -0.25) is 4.79 Å². The largest absolute Gasteiger partial charge is 0.496 e. The molecule has 0 saturated heterocycles. The third-order valence-electron chi connectivity index (χ3n) is 5.05. The Morgan fingerprint density at radius 2 is 2.00 bits per heavy atom. The first-order valence-electron chi connectivity index (χ1n) is 9.70. The average molecular weight is 418 g/mol. The molecule has 2 aromatic carbocycles. The predicted molar refractivity (Wildman–Crippen MR) is 123 cm³/mol. The Morgan fingerprint density at radius 3 is 2.70 bits per heavy atom. The number of carbonyl (C=O) groups excluding carboxylic acids is 1. The molecule has 2 heterocycles. The van der Waals surface area contributed by atoms with Gasteiger partial charge in [0.2, 0.25) is 5.91 Å². The molecule has 0 unspecified atom stereocenters. The van der Waals surface area contributed by atoms with Crippen molar-refractivity contribution in [2.24, 2.45) is 0 Å². The summed E-state index contributed by atoms with van der Waals surface area (Å²) in [6, 6.07) is 16.2. The second-order valence-electron chi connectivity index (χ2n) is 7.19. The van der Waals surface area contributed by atoms with Gasteiger partial charge in [-0.1, -0.05) is 35.9 Å². The van der Waals surface area contributed by atoms with Crippen molar-refractivity contribution < 1.29 is 13.9 Å². The lowest BCUT2D eigenvalue weighted by molar-refractivity contribution is -0.116. The SMILES string of the molecule is COc1cc2occ(-c3ccc(C)cc3)c2cc1/C(C)=C/C(=O)NCc1cccs1. The number of fused-ring (bicyclic) bond motifs is 1. The molecule has 30 heavy (non-hydrogen) atoms. The number of amides is 1. The van der Waals surface area contributed by atoms with Crippen LogP contribution in [0.4, 0.5) is 0 Å². The van der Waals surface area contributed by atoms with E-state index in [-0.39, 0.29) is 5.91 Å². The topological polar surface area (TPSA) is 51.5 Å². The molecule has 4 nitrogen and oxygen atoms in total. The van der Waals surface area contributed by atoms with Gasteiger partial charge in [0.05, 0.1) is 19.9 Å². The van der Waals surface area contributed by atoms with Gasteiger partial charge >= 0.3 is 0 Å². The average Bonchev–Trinajstić information content (AvgIpc) is 3.41. The summed E-state index contributed by atoms with van der Waals surface area (Å²) in [7, 11) is 1.62. The van der Waals surface area contributed by atoms with Gasteiger partial charge in [0, 0.05) is 33.5 Å². The maximum absolute atomic E-state index is 12.4. The van der Waals surface area contributed by atoms with Crippen LogP contribution in [0.25, 0.3) is 27.7 Å². The Balaban J connectivity index is 1.67. The highest BCUT2D eigenvalue weighted by Gasteiger charge is 2.15. The first-order valence-corrected chi connectivity index (χ1v) is 10.6. The quantitative estimate of drug-likeness (QED) is 0.380. The van der Waals surface area contributed by atoms with Crippen molar-refractivity contribution in [3.05, 3.63) is 82.3 Å². The molecule has 0 aliphatic rings. The second-order valence-corrected chi connectivity index (χ2v) is 8.22. The number of aryl methyl sites for hydroxylation is 1. The van der Waals surface area contributed by atoms with Crippen molar-refractivity contribution in [1.82, 2.24) is 5.32 Å². The van der Waals surface area contributed by atoms with E-state index in [0.29, 0.717) is 12.3 Å². The van der Waals surface area contributed by atoms with Crippen molar-refractivity contribution in [2.45, 2.75) is 20.4 Å². The van der Waals surface area contributed by atoms with Gasteiger partial charge in [-0.2, -0.15) is 0 Å². The summed E-state index contributed by atoms with van der Waals surface area (Å²) in [5, 5.41) is 5.92. The first kappa shape index (κ1) is 20.0. The van der Waals surface area contributed by atoms with E-state index in [1.807, 2.05) is 36.6 Å². The minimum atomic E-state index is -0.131.